The Hall–Kier alpha value is -1.11. The molecule has 13 heavy (non-hydrogen) atoms. The molecule has 1 unspecified atom stereocenters. The van der Waals surface area contributed by atoms with Crippen molar-refractivity contribution in [2.75, 3.05) is 0 Å². The molecule has 68 valence electrons. The van der Waals surface area contributed by atoms with Crippen LogP contribution in [0.4, 0.5) is 0 Å². The number of hydrogen-bond donors (Lipinski definition) is 0. The van der Waals surface area contributed by atoms with E-state index >= 15 is 0 Å². The monoisotopic (exact) mass is 174 g/mol. The number of aryl methyl sites for hydroxylation is 2. The summed E-state index contributed by atoms with van der Waals surface area (Å²) in [5.41, 5.74) is 3.90. The highest BCUT2D eigenvalue weighted by molar-refractivity contribution is 5.87. The van der Waals surface area contributed by atoms with E-state index in [2.05, 4.69) is 25.1 Å². The Balaban J connectivity index is 2.49. The fourth-order valence-corrected chi connectivity index (χ4v) is 2.02. The third kappa shape index (κ3) is 1.39. The summed E-state index contributed by atoms with van der Waals surface area (Å²) in [6.07, 6.45) is 1.65. The molecule has 1 aromatic carbocycles. The lowest BCUT2D eigenvalue weighted by Gasteiger charge is -2.21. The lowest BCUT2D eigenvalue weighted by atomic mass is 9.82. The van der Waals surface area contributed by atoms with Gasteiger partial charge in [-0.25, -0.2) is 0 Å². The number of fused-ring (bicyclic) bond motifs is 1. The van der Waals surface area contributed by atoms with Gasteiger partial charge in [-0.05, 0) is 24.5 Å². The lowest BCUT2D eigenvalue weighted by molar-refractivity contribution is -0.120. The van der Waals surface area contributed by atoms with Crippen molar-refractivity contribution in [3.8, 4) is 0 Å². The summed E-state index contributed by atoms with van der Waals surface area (Å²) >= 11 is 0. The van der Waals surface area contributed by atoms with Crippen molar-refractivity contribution in [3.63, 3.8) is 0 Å². The number of carbonyl (C=O) groups excluding carboxylic acids is 1. The van der Waals surface area contributed by atoms with E-state index in [-0.39, 0.29) is 5.92 Å². The van der Waals surface area contributed by atoms with Gasteiger partial charge in [-0.1, -0.05) is 30.7 Å². The standard InChI is InChI=1S/C12H14O/c1-8-3-5-11-9(2)12(13)6-4-10(11)7-8/h3,5,7,9H,4,6H2,1-2H3. The first-order chi connectivity index (χ1) is 6.18. The first kappa shape index (κ1) is 8.49. The third-order valence-electron chi connectivity index (χ3n) is 2.89. The van der Waals surface area contributed by atoms with Gasteiger partial charge in [-0.2, -0.15) is 0 Å². The van der Waals surface area contributed by atoms with E-state index in [1.165, 1.54) is 16.7 Å². The molecule has 1 aromatic rings. The molecule has 0 saturated heterocycles. The molecule has 0 spiro atoms. The topological polar surface area (TPSA) is 17.1 Å². The molecule has 0 fully saturated rings. The summed E-state index contributed by atoms with van der Waals surface area (Å²) in [5.74, 6) is 0.501. The minimum Gasteiger partial charge on any atom is -0.299 e. The summed E-state index contributed by atoms with van der Waals surface area (Å²) < 4.78 is 0. The average Bonchev–Trinajstić information content (AvgIpc) is 2.12. The Morgan fingerprint density at radius 1 is 1.31 bits per heavy atom. The molecule has 1 nitrogen and oxygen atoms in total. The molecule has 0 radical (unpaired) electrons. The van der Waals surface area contributed by atoms with Gasteiger partial charge >= 0.3 is 0 Å². The van der Waals surface area contributed by atoms with Crippen molar-refractivity contribution in [1.29, 1.82) is 0 Å². The fraction of sp³-hybridized carbons (Fsp3) is 0.417. The highest BCUT2D eigenvalue weighted by Gasteiger charge is 2.22. The van der Waals surface area contributed by atoms with Gasteiger partial charge < -0.3 is 0 Å². The van der Waals surface area contributed by atoms with Crippen LogP contribution in [0.15, 0.2) is 18.2 Å². The van der Waals surface area contributed by atoms with Crippen LogP contribution < -0.4 is 0 Å². The van der Waals surface area contributed by atoms with Crippen LogP contribution in [0.3, 0.4) is 0 Å². The smallest absolute Gasteiger partial charge is 0.140 e. The maximum absolute atomic E-state index is 11.4. The molecule has 0 heterocycles. The van der Waals surface area contributed by atoms with E-state index in [9.17, 15) is 4.79 Å². The SMILES string of the molecule is Cc1ccc2c(c1)CCC(=O)C2C. The van der Waals surface area contributed by atoms with Crippen LogP contribution in [0.25, 0.3) is 0 Å². The molecule has 1 aliphatic carbocycles. The number of carbonyl (C=O) groups is 1. The van der Waals surface area contributed by atoms with Gasteiger partial charge in [0.15, 0.2) is 0 Å². The van der Waals surface area contributed by atoms with E-state index in [0.29, 0.717) is 5.78 Å². The van der Waals surface area contributed by atoms with E-state index in [0.717, 1.165) is 12.8 Å². The summed E-state index contributed by atoms with van der Waals surface area (Å²) in [7, 11) is 0. The quantitative estimate of drug-likeness (QED) is 0.591. The molecule has 0 amide bonds. The number of rotatable bonds is 0. The Labute approximate surface area is 78.8 Å². The minimum atomic E-state index is 0.115. The molecule has 0 aromatic heterocycles. The molecular weight excluding hydrogens is 160 g/mol. The molecule has 2 rings (SSSR count). The zero-order valence-corrected chi connectivity index (χ0v) is 8.13. The largest absolute Gasteiger partial charge is 0.299 e. The van der Waals surface area contributed by atoms with Gasteiger partial charge in [0.05, 0.1) is 0 Å². The van der Waals surface area contributed by atoms with Crippen LogP contribution in [0.1, 0.15) is 36.0 Å². The van der Waals surface area contributed by atoms with Crippen molar-refractivity contribution in [2.24, 2.45) is 0 Å². The predicted molar refractivity (Wildman–Crippen MR) is 52.9 cm³/mol. The van der Waals surface area contributed by atoms with Crippen molar-refractivity contribution in [3.05, 3.63) is 34.9 Å². The van der Waals surface area contributed by atoms with Gasteiger partial charge in [0.1, 0.15) is 5.78 Å². The van der Waals surface area contributed by atoms with E-state index in [1.54, 1.807) is 0 Å². The highest BCUT2D eigenvalue weighted by atomic mass is 16.1. The number of benzene rings is 1. The summed E-state index contributed by atoms with van der Waals surface area (Å²) in [5, 5.41) is 0. The van der Waals surface area contributed by atoms with Crippen LogP contribution >= 0.6 is 0 Å². The zero-order valence-electron chi connectivity index (χ0n) is 8.13. The lowest BCUT2D eigenvalue weighted by Crippen LogP contribution is -2.17. The molecule has 1 aliphatic rings. The second kappa shape index (κ2) is 2.99. The minimum absolute atomic E-state index is 0.115. The summed E-state index contributed by atoms with van der Waals surface area (Å²) in [6, 6.07) is 6.40. The second-order valence-corrected chi connectivity index (χ2v) is 3.89. The van der Waals surface area contributed by atoms with Gasteiger partial charge in [-0.15, -0.1) is 0 Å². The molecule has 1 heteroatoms. The maximum Gasteiger partial charge on any atom is 0.140 e. The normalized spacial score (nSPS) is 21.4. The summed E-state index contributed by atoms with van der Waals surface area (Å²) in [4.78, 5) is 11.4. The van der Waals surface area contributed by atoms with Crippen LogP contribution in [0.5, 0.6) is 0 Å². The molecule has 0 saturated carbocycles. The number of ketones is 1. The van der Waals surface area contributed by atoms with Crippen molar-refractivity contribution < 1.29 is 4.79 Å². The zero-order chi connectivity index (χ0) is 9.42. The molecule has 0 aliphatic heterocycles. The second-order valence-electron chi connectivity index (χ2n) is 3.89. The van der Waals surface area contributed by atoms with Crippen LogP contribution in [-0.4, -0.2) is 5.78 Å². The Morgan fingerprint density at radius 2 is 2.08 bits per heavy atom. The Morgan fingerprint density at radius 3 is 2.85 bits per heavy atom. The molecule has 0 bridgehead atoms. The van der Waals surface area contributed by atoms with Gasteiger partial charge in [0.25, 0.3) is 0 Å². The molecule has 1 atom stereocenters. The number of hydrogen-bond acceptors (Lipinski definition) is 1. The van der Waals surface area contributed by atoms with Crippen molar-refractivity contribution in [1.82, 2.24) is 0 Å². The number of Topliss-reactive ketones (excluding diaryl/α,β-unsaturated/α-hetero) is 1. The van der Waals surface area contributed by atoms with Crippen molar-refractivity contribution in [2.45, 2.75) is 32.6 Å². The fourth-order valence-electron chi connectivity index (χ4n) is 2.02. The average molecular weight is 174 g/mol. The van der Waals surface area contributed by atoms with Crippen LogP contribution in [0.2, 0.25) is 0 Å². The first-order valence-electron chi connectivity index (χ1n) is 4.80. The van der Waals surface area contributed by atoms with Crippen molar-refractivity contribution >= 4 is 5.78 Å². The van der Waals surface area contributed by atoms with Gasteiger partial charge in [-0.3, -0.25) is 4.79 Å². The molecule has 0 N–H and O–H groups in total. The maximum atomic E-state index is 11.4. The van der Waals surface area contributed by atoms with Crippen LogP contribution in [0, 0.1) is 6.92 Å². The van der Waals surface area contributed by atoms with Crippen LogP contribution in [-0.2, 0) is 11.2 Å². The first-order valence-corrected chi connectivity index (χ1v) is 4.80. The van der Waals surface area contributed by atoms with E-state index < -0.39 is 0 Å². The summed E-state index contributed by atoms with van der Waals surface area (Å²) in [6.45, 7) is 4.11. The van der Waals surface area contributed by atoms with E-state index in [1.807, 2.05) is 6.92 Å². The Bertz CT molecular complexity index is 352. The van der Waals surface area contributed by atoms with E-state index in [4.69, 9.17) is 0 Å². The Kier molecular flexibility index (Phi) is 1.95. The third-order valence-corrected chi connectivity index (χ3v) is 2.89. The molecular formula is C12H14O. The van der Waals surface area contributed by atoms with Gasteiger partial charge in [0, 0.05) is 12.3 Å². The predicted octanol–water partition coefficient (Wildman–Crippen LogP) is 2.61. The van der Waals surface area contributed by atoms with Gasteiger partial charge in [0.2, 0.25) is 0 Å². The highest BCUT2D eigenvalue weighted by Crippen LogP contribution is 2.28.